The summed E-state index contributed by atoms with van der Waals surface area (Å²) < 4.78 is 40.2. The molecule has 0 unspecified atom stereocenters. The Morgan fingerprint density at radius 3 is 2.22 bits per heavy atom. The van der Waals surface area contributed by atoms with Gasteiger partial charge in [-0.05, 0) is 95.1 Å². The van der Waals surface area contributed by atoms with E-state index in [1.807, 2.05) is 84.0 Å². The quantitative estimate of drug-likeness (QED) is 0.125. The van der Waals surface area contributed by atoms with E-state index in [1.54, 1.807) is 6.92 Å². The van der Waals surface area contributed by atoms with E-state index in [4.69, 9.17) is 28.4 Å². The van der Waals surface area contributed by atoms with Gasteiger partial charge in [-0.25, -0.2) is 4.79 Å². The van der Waals surface area contributed by atoms with Crippen molar-refractivity contribution >= 4 is 17.8 Å². The average Bonchev–Trinajstić information content (AvgIpc) is 3.60. The number of carbonyl (C=O) groups excluding carboxylic acids is 2. The molecular formula is C50H77NO12. The zero-order chi connectivity index (χ0) is 46.1. The molecule has 0 bridgehead atoms. The lowest BCUT2D eigenvalue weighted by Gasteiger charge is -2.55. The van der Waals surface area contributed by atoms with Crippen LogP contribution in [0, 0.1) is 41.4 Å². The summed E-state index contributed by atoms with van der Waals surface area (Å²) in [7, 11) is 0. The highest BCUT2D eigenvalue weighted by Gasteiger charge is 2.63. The monoisotopic (exact) mass is 884 g/mol. The first kappa shape index (κ1) is 49.5. The molecule has 2 spiro atoms. The summed E-state index contributed by atoms with van der Waals surface area (Å²) in [5.74, 6) is -6.19. The van der Waals surface area contributed by atoms with Gasteiger partial charge in [-0.1, -0.05) is 91.8 Å². The number of ether oxygens (including phenoxy) is 6. The summed E-state index contributed by atoms with van der Waals surface area (Å²) in [4.78, 5) is 40.2. The number of carbonyl (C=O) groups is 3. The van der Waals surface area contributed by atoms with Gasteiger partial charge in [0.1, 0.15) is 18.4 Å². The lowest BCUT2D eigenvalue weighted by atomic mass is 9.72. The lowest BCUT2D eigenvalue weighted by molar-refractivity contribution is -0.398. The predicted octanol–water partition coefficient (Wildman–Crippen LogP) is 8.12. The number of hydrogen-bond acceptors (Lipinski definition) is 11. The Morgan fingerprint density at radius 2 is 1.59 bits per heavy atom. The second-order valence-electron chi connectivity index (χ2n) is 20.2. The van der Waals surface area contributed by atoms with E-state index in [2.05, 4.69) is 26.1 Å². The Morgan fingerprint density at radius 1 is 0.889 bits per heavy atom. The van der Waals surface area contributed by atoms with Crippen LogP contribution in [0.2, 0.25) is 0 Å². The topological polar surface area (TPSA) is 179 Å². The second kappa shape index (κ2) is 19.9. The van der Waals surface area contributed by atoms with E-state index >= 15 is 0 Å². The maximum Gasteiger partial charge on any atom is 0.408 e. The molecule has 5 aliphatic rings. The molecule has 4 N–H and O–H groups in total. The molecule has 0 saturated carbocycles. The highest BCUT2D eigenvalue weighted by molar-refractivity contribution is 5.84. The van der Waals surface area contributed by atoms with Crippen LogP contribution in [0.4, 0.5) is 4.79 Å². The van der Waals surface area contributed by atoms with Crippen molar-refractivity contribution in [3.05, 3.63) is 48.0 Å². The summed E-state index contributed by atoms with van der Waals surface area (Å²) in [6.07, 6.45) is 5.61. The molecule has 0 radical (unpaired) electrons. The van der Waals surface area contributed by atoms with Gasteiger partial charge in [0.15, 0.2) is 11.6 Å². The van der Waals surface area contributed by atoms with Gasteiger partial charge in [0.2, 0.25) is 0 Å². The molecule has 0 aromatic heterocycles. The van der Waals surface area contributed by atoms with Crippen molar-refractivity contribution in [2.24, 2.45) is 41.4 Å². The van der Waals surface area contributed by atoms with Gasteiger partial charge >= 0.3 is 12.1 Å². The number of aliphatic hydroxyl groups excluding tert-OH is 1. The molecule has 0 aliphatic carbocycles. The van der Waals surface area contributed by atoms with Crippen LogP contribution in [0.15, 0.2) is 42.5 Å². The summed E-state index contributed by atoms with van der Waals surface area (Å²) in [5, 5.41) is 36.0. The first-order valence-electron chi connectivity index (χ1n) is 24.0. The second-order valence-corrected chi connectivity index (χ2v) is 20.2. The molecule has 4 saturated heterocycles. The molecule has 1 aromatic rings. The number of benzene rings is 1. The fourth-order valence-corrected chi connectivity index (χ4v) is 11.6. The third-order valence-electron chi connectivity index (χ3n) is 16.0. The number of amides is 1. The largest absolute Gasteiger partial charge is 0.481 e. The molecule has 1 aromatic carbocycles. The fourth-order valence-electron chi connectivity index (χ4n) is 11.6. The van der Waals surface area contributed by atoms with Gasteiger partial charge in [-0.3, -0.25) is 9.59 Å². The summed E-state index contributed by atoms with van der Waals surface area (Å²) in [5.41, 5.74) is -0.905. The van der Waals surface area contributed by atoms with Crippen LogP contribution in [0.1, 0.15) is 139 Å². The Labute approximate surface area is 375 Å². The number of rotatable bonds is 15. The number of aliphatic hydroxyl groups is 2. The zero-order valence-electron chi connectivity index (χ0n) is 39.4. The summed E-state index contributed by atoms with van der Waals surface area (Å²) in [6.45, 7) is 19.7. The smallest absolute Gasteiger partial charge is 0.408 e. The number of alkyl carbamates (subject to hydrolysis) is 1. The number of carboxylic acids is 1. The average molecular weight is 884 g/mol. The minimum Gasteiger partial charge on any atom is -0.481 e. The highest BCUT2D eigenvalue weighted by Crippen LogP contribution is 2.54. The first-order chi connectivity index (χ1) is 29.8. The molecule has 4 fully saturated rings. The van der Waals surface area contributed by atoms with Crippen molar-refractivity contribution in [3.63, 3.8) is 0 Å². The Balaban J connectivity index is 1.23. The molecule has 6 rings (SSSR count). The van der Waals surface area contributed by atoms with E-state index in [9.17, 15) is 29.7 Å². The summed E-state index contributed by atoms with van der Waals surface area (Å²) >= 11 is 0. The Hall–Kier alpha value is -2.91. The molecule has 13 nitrogen and oxygen atoms in total. The van der Waals surface area contributed by atoms with Crippen molar-refractivity contribution in [1.29, 1.82) is 0 Å². The van der Waals surface area contributed by atoms with Gasteiger partial charge in [-0.15, -0.1) is 0 Å². The lowest BCUT2D eigenvalue weighted by Crippen LogP contribution is -2.65. The van der Waals surface area contributed by atoms with E-state index < -0.39 is 95.1 Å². The molecule has 1 amide bonds. The van der Waals surface area contributed by atoms with Crippen LogP contribution in [0.3, 0.4) is 0 Å². The van der Waals surface area contributed by atoms with Crippen LogP contribution in [-0.2, 0) is 44.6 Å². The van der Waals surface area contributed by atoms with Crippen LogP contribution in [-0.4, -0.2) is 98.6 Å². The van der Waals surface area contributed by atoms with Crippen molar-refractivity contribution < 1.29 is 58.1 Å². The van der Waals surface area contributed by atoms with Gasteiger partial charge in [0.05, 0.1) is 53.7 Å². The van der Waals surface area contributed by atoms with Crippen molar-refractivity contribution in [1.82, 2.24) is 5.32 Å². The maximum atomic E-state index is 14.7. The Kier molecular flexibility index (Phi) is 15.6. The first-order valence-corrected chi connectivity index (χ1v) is 24.0. The number of Topliss-reactive ketones (excluding diaryl/α,β-unsaturated/α-hetero) is 1. The van der Waals surface area contributed by atoms with Crippen LogP contribution >= 0.6 is 0 Å². The third kappa shape index (κ3) is 10.1. The van der Waals surface area contributed by atoms with Crippen LogP contribution in [0.5, 0.6) is 0 Å². The minimum absolute atomic E-state index is 0.0355. The van der Waals surface area contributed by atoms with Gasteiger partial charge in [0, 0.05) is 30.1 Å². The van der Waals surface area contributed by atoms with Crippen LogP contribution < -0.4 is 5.32 Å². The zero-order valence-corrected chi connectivity index (χ0v) is 39.4. The van der Waals surface area contributed by atoms with E-state index in [-0.39, 0.29) is 36.2 Å². The molecule has 5 aliphatic heterocycles. The van der Waals surface area contributed by atoms with E-state index in [0.29, 0.717) is 57.8 Å². The van der Waals surface area contributed by atoms with E-state index in [0.717, 1.165) is 12.0 Å². The van der Waals surface area contributed by atoms with Gasteiger partial charge < -0.3 is 49.1 Å². The molecule has 13 heteroatoms. The third-order valence-corrected chi connectivity index (χ3v) is 16.0. The van der Waals surface area contributed by atoms with Crippen molar-refractivity contribution in [3.8, 4) is 0 Å². The van der Waals surface area contributed by atoms with Gasteiger partial charge in [0.25, 0.3) is 0 Å². The fraction of sp³-hybridized carbons (Fsp3) is 0.780. The molecule has 354 valence electrons. The molecule has 5 heterocycles. The number of carboxylic acid groups (broad SMARTS) is 1. The highest BCUT2D eigenvalue weighted by atomic mass is 16.8. The van der Waals surface area contributed by atoms with E-state index in [1.165, 1.54) is 0 Å². The predicted molar refractivity (Wildman–Crippen MR) is 236 cm³/mol. The molecule has 18 atom stereocenters. The number of nitrogens with one attached hydrogen (secondary N) is 1. The number of hydrogen-bond donors (Lipinski definition) is 4. The van der Waals surface area contributed by atoms with Gasteiger partial charge in [-0.2, -0.15) is 0 Å². The van der Waals surface area contributed by atoms with Crippen molar-refractivity contribution in [2.45, 2.75) is 205 Å². The standard InChI is InChI=1S/C50H77NO12/c1-11-36(45(54)55)38-20-19-29(4)43(60-38)33(8)41(52)32(7)42(53)37(12-2)44-30(5)27-31(6)49(61-44)24-21-39(51-46(56)58-28-35-17-15-14-16-18-35)50(63-49)26-25-47(10,62-50)40-22-23-48(57,13-3)34(9)59-40/h14-18,21,24,29-34,36-41,43-44,52,57H,11-13,19-20,22-23,25-28H2,1-10H3,(H,51,56)(H,54,55)/t29-,30-,31+,32-,33-,34-,36+,37-,38+,39+,40+,41+,43+,44-,47-,48+,49-,50-/m0/s1. The molecule has 63 heavy (non-hydrogen) atoms. The Bertz CT molecular complexity index is 1760. The SMILES string of the molecule is CC[C@@H](C(=O)[C@@H](C)[C@@H](O)[C@H](C)[C@@H]1O[C@@H]([C@@H](CC)C(=O)O)CC[C@@H]1C)[C@H]1O[C@]2(C=C[C@@H](NC(=O)OCc3ccccc3)[C@]3(CC[C@@](C)([C@H]4CC[C@](O)(CC)[C@H](C)O4)O3)O2)[C@H](C)C[C@@H]1C. The summed E-state index contributed by atoms with van der Waals surface area (Å²) in [6, 6.07) is 8.70. The molecular weight excluding hydrogens is 807 g/mol. The van der Waals surface area contributed by atoms with Crippen LogP contribution in [0.25, 0.3) is 0 Å². The minimum atomic E-state index is -1.39. The normalized spacial score (nSPS) is 40.5. The number of ketones is 1. The van der Waals surface area contributed by atoms with Crippen molar-refractivity contribution in [2.75, 3.05) is 0 Å². The maximum absolute atomic E-state index is 14.7. The number of aliphatic carboxylic acids is 1.